The molecular weight excluding hydrogens is 308 g/mol. The molecule has 0 bridgehead atoms. The molecule has 2 rings (SSSR count). The zero-order valence-corrected chi connectivity index (χ0v) is 15.2. The van der Waals surface area contributed by atoms with Crippen LogP contribution < -0.4 is 5.32 Å². The number of hydrogen-bond donors (Lipinski definition) is 1. The van der Waals surface area contributed by atoms with Crippen LogP contribution in [0, 0.1) is 11.3 Å². The summed E-state index contributed by atoms with van der Waals surface area (Å²) in [5, 5.41) is 12.2. The lowest BCUT2D eigenvalue weighted by atomic mass is 9.86. The summed E-state index contributed by atoms with van der Waals surface area (Å²) in [6.07, 6.45) is 1.62. The lowest BCUT2D eigenvalue weighted by molar-refractivity contribution is -0.117. The molecule has 0 heterocycles. The molecule has 3 heteroatoms. The summed E-state index contributed by atoms with van der Waals surface area (Å²) >= 11 is 0. The second-order valence-electron chi connectivity index (χ2n) is 7.15. The fourth-order valence-corrected chi connectivity index (χ4v) is 2.49. The first-order valence-corrected chi connectivity index (χ1v) is 8.39. The van der Waals surface area contributed by atoms with E-state index < -0.39 is 0 Å². The summed E-state index contributed by atoms with van der Waals surface area (Å²) in [5.41, 5.74) is 3.23. The topological polar surface area (TPSA) is 52.9 Å². The fourth-order valence-electron chi connectivity index (χ4n) is 2.49. The van der Waals surface area contributed by atoms with Gasteiger partial charge in [-0.3, -0.25) is 4.79 Å². The number of nitrogens with zero attached hydrogens (tertiary/aromatic N) is 1. The van der Waals surface area contributed by atoms with Crippen LogP contribution >= 0.6 is 0 Å². The Morgan fingerprint density at radius 3 is 2.20 bits per heavy atom. The average Bonchev–Trinajstić information content (AvgIpc) is 2.60. The lowest BCUT2D eigenvalue weighted by Gasteiger charge is -2.18. The molecule has 0 saturated carbocycles. The minimum atomic E-state index is -0.362. The Labute approximate surface area is 150 Å². The molecule has 1 N–H and O–H groups in total. The van der Waals surface area contributed by atoms with Gasteiger partial charge in [0.2, 0.25) is 0 Å². The van der Waals surface area contributed by atoms with Gasteiger partial charge < -0.3 is 5.32 Å². The van der Waals surface area contributed by atoms with E-state index in [-0.39, 0.29) is 22.9 Å². The molecule has 0 fully saturated rings. The normalized spacial score (nSPS) is 13.0. The number of hydrogen-bond acceptors (Lipinski definition) is 2. The van der Waals surface area contributed by atoms with Crippen molar-refractivity contribution >= 4 is 12.0 Å². The summed E-state index contributed by atoms with van der Waals surface area (Å²) in [7, 11) is 0. The summed E-state index contributed by atoms with van der Waals surface area (Å²) < 4.78 is 0. The first kappa shape index (κ1) is 18.5. The van der Waals surface area contributed by atoms with Crippen molar-refractivity contribution < 1.29 is 4.79 Å². The van der Waals surface area contributed by atoms with E-state index in [0.29, 0.717) is 0 Å². The van der Waals surface area contributed by atoms with E-state index in [1.54, 1.807) is 6.08 Å². The SMILES string of the molecule is C[C@@H](NC(=O)/C(C#N)=C\c1ccc(C(C)(C)C)cc1)c1ccccc1. The summed E-state index contributed by atoms with van der Waals surface area (Å²) in [6, 6.07) is 19.5. The molecule has 0 aliphatic heterocycles. The molecule has 3 nitrogen and oxygen atoms in total. The largest absolute Gasteiger partial charge is 0.345 e. The van der Waals surface area contributed by atoms with E-state index in [9.17, 15) is 10.1 Å². The van der Waals surface area contributed by atoms with Crippen molar-refractivity contribution in [2.45, 2.75) is 39.2 Å². The van der Waals surface area contributed by atoms with Crippen molar-refractivity contribution in [2.75, 3.05) is 0 Å². The quantitative estimate of drug-likeness (QED) is 0.648. The zero-order valence-electron chi connectivity index (χ0n) is 15.2. The first-order valence-electron chi connectivity index (χ1n) is 8.39. The molecule has 25 heavy (non-hydrogen) atoms. The Hall–Kier alpha value is -2.86. The van der Waals surface area contributed by atoms with Gasteiger partial charge in [0.05, 0.1) is 6.04 Å². The van der Waals surface area contributed by atoms with Crippen LogP contribution in [0.25, 0.3) is 6.08 Å². The van der Waals surface area contributed by atoms with E-state index in [1.165, 1.54) is 5.56 Å². The van der Waals surface area contributed by atoms with Gasteiger partial charge in [0.1, 0.15) is 11.6 Å². The number of nitriles is 1. The molecule has 2 aromatic rings. The van der Waals surface area contributed by atoms with Crippen LogP contribution in [0.4, 0.5) is 0 Å². The number of carbonyl (C=O) groups excluding carboxylic acids is 1. The smallest absolute Gasteiger partial charge is 0.262 e. The monoisotopic (exact) mass is 332 g/mol. The maximum Gasteiger partial charge on any atom is 0.262 e. The maximum atomic E-state index is 12.4. The zero-order chi connectivity index (χ0) is 18.4. The number of benzene rings is 2. The minimum Gasteiger partial charge on any atom is -0.345 e. The van der Waals surface area contributed by atoms with Crippen molar-refractivity contribution in [2.24, 2.45) is 0 Å². The first-order chi connectivity index (χ1) is 11.8. The molecule has 0 aliphatic rings. The summed E-state index contributed by atoms with van der Waals surface area (Å²) in [6.45, 7) is 8.35. The second kappa shape index (κ2) is 7.81. The van der Waals surface area contributed by atoms with Crippen molar-refractivity contribution in [1.29, 1.82) is 5.26 Å². The highest BCUT2D eigenvalue weighted by molar-refractivity contribution is 6.01. The molecule has 0 saturated heterocycles. The predicted octanol–water partition coefficient (Wildman–Crippen LogP) is 4.77. The summed E-state index contributed by atoms with van der Waals surface area (Å²) in [5.74, 6) is -0.362. The third kappa shape index (κ3) is 5.06. The second-order valence-corrected chi connectivity index (χ2v) is 7.15. The van der Waals surface area contributed by atoms with E-state index >= 15 is 0 Å². The van der Waals surface area contributed by atoms with Crippen LogP contribution in [0.15, 0.2) is 60.2 Å². The lowest BCUT2D eigenvalue weighted by Crippen LogP contribution is -2.27. The molecule has 0 aromatic heterocycles. The van der Waals surface area contributed by atoms with E-state index in [0.717, 1.165) is 11.1 Å². The van der Waals surface area contributed by atoms with Gasteiger partial charge >= 0.3 is 0 Å². The Morgan fingerprint density at radius 2 is 1.68 bits per heavy atom. The third-order valence-electron chi connectivity index (χ3n) is 4.10. The van der Waals surface area contributed by atoms with Crippen molar-refractivity contribution in [1.82, 2.24) is 5.32 Å². The number of amides is 1. The van der Waals surface area contributed by atoms with Gasteiger partial charge in [-0.1, -0.05) is 75.4 Å². The number of carbonyl (C=O) groups is 1. The van der Waals surface area contributed by atoms with Crippen molar-refractivity contribution in [3.05, 3.63) is 76.9 Å². The Balaban J connectivity index is 2.14. The third-order valence-corrected chi connectivity index (χ3v) is 4.10. The molecule has 0 spiro atoms. The van der Waals surface area contributed by atoms with Crippen molar-refractivity contribution in [3.63, 3.8) is 0 Å². The van der Waals surface area contributed by atoms with Crippen LogP contribution in [0.1, 0.15) is 50.4 Å². The molecule has 128 valence electrons. The molecule has 0 unspecified atom stereocenters. The van der Waals surface area contributed by atoms with Crippen LogP contribution in [0.5, 0.6) is 0 Å². The molecule has 0 radical (unpaired) electrons. The summed E-state index contributed by atoms with van der Waals surface area (Å²) in [4.78, 5) is 12.4. The van der Waals surface area contributed by atoms with Gasteiger partial charge in [-0.05, 0) is 35.1 Å². The van der Waals surface area contributed by atoms with Gasteiger partial charge in [0, 0.05) is 0 Å². The molecular formula is C22H24N2O. The number of nitrogens with one attached hydrogen (secondary N) is 1. The highest BCUT2D eigenvalue weighted by Gasteiger charge is 2.15. The fraction of sp³-hybridized carbons (Fsp3) is 0.273. The van der Waals surface area contributed by atoms with E-state index in [2.05, 4.69) is 26.1 Å². The van der Waals surface area contributed by atoms with Gasteiger partial charge in [0.15, 0.2) is 0 Å². The Morgan fingerprint density at radius 1 is 1.08 bits per heavy atom. The molecule has 2 aromatic carbocycles. The van der Waals surface area contributed by atoms with Crippen LogP contribution in [0.2, 0.25) is 0 Å². The average molecular weight is 332 g/mol. The number of rotatable bonds is 4. The standard InChI is InChI=1S/C22H24N2O/c1-16(18-8-6-5-7-9-18)24-21(25)19(15-23)14-17-10-12-20(13-11-17)22(2,3)4/h5-14,16H,1-4H3,(H,24,25)/b19-14-/t16-/m1/s1. The minimum absolute atomic E-state index is 0.0722. The predicted molar refractivity (Wildman–Crippen MR) is 102 cm³/mol. The molecule has 1 atom stereocenters. The Bertz CT molecular complexity index is 791. The van der Waals surface area contributed by atoms with Crippen LogP contribution in [0.3, 0.4) is 0 Å². The maximum absolute atomic E-state index is 12.4. The van der Waals surface area contributed by atoms with Gasteiger partial charge in [-0.2, -0.15) is 5.26 Å². The molecule has 1 amide bonds. The van der Waals surface area contributed by atoms with Gasteiger partial charge in [0.25, 0.3) is 5.91 Å². The highest BCUT2D eigenvalue weighted by Crippen LogP contribution is 2.23. The van der Waals surface area contributed by atoms with Crippen LogP contribution in [-0.2, 0) is 10.2 Å². The highest BCUT2D eigenvalue weighted by atomic mass is 16.1. The van der Waals surface area contributed by atoms with E-state index in [4.69, 9.17) is 0 Å². The van der Waals surface area contributed by atoms with Crippen LogP contribution in [-0.4, -0.2) is 5.91 Å². The Kier molecular flexibility index (Phi) is 5.77. The van der Waals surface area contributed by atoms with Gasteiger partial charge in [-0.25, -0.2) is 0 Å². The van der Waals surface area contributed by atoms with Gasteiger partial charge in [-0.15, -0.1) is 0 Å². The molecule has 0 aliphatic carbocycles. The van der Waals surface area contributed by atoms with Crippen molar-refractivity contribution in [3.8, 4) is 6.07 Å². The van der Waals surface area contributed by atoms with E-state index in [1.807, 2.05) is 67.6 Å².